The van der Waals surface area contributed by atoms with Gasteiger partial charge in [-0.3, -0.25) is 28.8 Å². The van der Waals surface area contributed by atoms with Crippen molar-refractivity contribution in [2.45, 2.75) is 59.6 Å². The van der Waals surface area contributed by atoms with Gasteiger partial charge in [-0.1, -0.05) is 33.7 Å². The average molecular weight is 1070 g/mol. The van der Waals surface area contributed by atoms with Gasteiger partial charge in [0, 0.05) is 22.6 Å². The fraction of sp³-hybridized carbons (Fsp3) is 0.400. The first kappa shape index (κ1) is 55.5. The van der Waals surface area contributed by atoms with Gasteiger partial charge in [-0.2, -0.15) is 0 Å². The van der Waals surface area contributed by atoms with E-state index in [4.69, 9.17) is 39.9 Å². The molecule has 4 amide bonds. The molecule has 0 saturated heterocycles. The first-order valence-electron chi connectivity index (χ1n) is 22.7. The zero-order valence-corrected chi connectivity index (χ0v) is 44.5. The lowest BCUT2D eigenvalue weighted by Crippen LogP contribution is -2.47. The molecule has 0 aliphatic heterocycles. The van der Waals surface area contributed by atoms with Crippen LogP contribution in [0, 0.1) is 0 Å². The van der Waals surface area contributed by atoms with Gasteiger partial charge in [-0.15, -0.1) is 23.5 Å². The Morgan fingerprint density at radius 3 is 1.28 bits per heavy atom. The van der Waals surface area contributed by atoms with Crippen LogP contribution in [0.4, 0.5) is 0 Å². The molecule has 6 rings (SSSR count). The smallest absolute Gasteiger partial charge is 0.239 e. The van der Waals surface area contributed by atoms with Gasteiger partial charge in [0.15, 0.2) is 33.9 Å². The lowest BCUT2D eigenvalue weighted by Gasteiger charge is -2.20. The van der Waals surface area contributed by atoms with Crippen molar-refractivity contribution in [2.75, 3.05) is 79.8 Å². The number of carbonyl (C=O) groups is 4. The molecule has 0 saturated carbocycles. The average Bonchev–Trinajstić information content (AvgIpc) is 3.78. The quantitative estimate of drug-likeness (QED) is 0.0384. The van der Waals surface area contributed by atoms with E-state index in [-0.39, 0.29) is 35.5 Å². The van der Waals surface area contributed by atoms with Gasteiger partial charge in [-0.05, 0) is 108 Å². The summed E-state index contributed by atoms with van der Waals surface area (Å²) in [7, 11) is 11.6. The second kappa shape index (κ2) is 25.7. The molecule has 0 fully saturated rings. The number of rotatable bonds is 21. The summed E-state index contributed by atoms with van der Waals surface area (Å²) in [6.07, 6.45) is 5.46. The molecule has 0 heterocycles. The van der Waals surface area contributed by atoms with Crippen LogP contribution in [0.5, 0.6) is 34.5 Å². The number of carbonyl (C=O) groups excluding carboxylic acids is 4. The topological polar surface area (TPSA) is 258 Å². The van der Waals surface area contributed by atoms with E-state index in [1.165, 1.54) is 99.9 Å². The Labute approximate surface area is 434 Å². The first-order valence-corrected chi connectivity index (χ1v) is 27.6. The van der Waals surface area contributed by atoms with Gasteiger partial charge in [0.2, 0.25) is 35.1 Å². The largest absolute Gasteiger partial charge is 0.493 e. The molecule has 4 atom stereocenters. The fourth-order valence-corrected chi connectivity index (χ4v) is 11.9. The summed E-state index contributed by atoms with van der Waals surface area (Å²) in [5, 5.41) is 11.2. The van der Waals surface area contributed by atoms with Crippen molar-refractivity contribution >= 4 is 68.7 Å². The van der Waals surface area contributed by atoms with E-state index in [0.717, 1.165) is 22.3 Å². The van der Waals surface area contributed by atoms with E-state index in [1.807, 2.05) is 36.8 Å². The lowest BCUT2D eigenvalue weighted by molar-refractivity contribution is -0.126. The fourth-order valence-electron chi connectivity index (χ4n) is 8.72. The Morgan fingerprint density at radius 1 is 0.569 bits per heavy atom. The predicted octanol–water partition coefficient (Wildman–Crippen LogP) is 4.41. The van der Waals surface area contributed by atoms with Gasteiger partial charge in [0.05, 0.1) is 89.7 Å². The van der Waals surface area contributed by atoms with Crippen LogP contribution in [0.25, 0.3) is 22.3 Å². The van der Waals surface area contributed by atoms with Gasteiger partial charge >= 0.3 is 0 Å². The summed E-state index contributed by atoms with van der Waals surface area (Å²) in [5.41, 5.74) is 17.7. The third-order valence-corrected chi connectivity index (χ3v) is 16.2. The second-order valence-electron chi connectivity index (χ2n) is 16.5. The van der Waals surface area contributed by atoms with Crippen LogP contribution in [0.2, 0.25) is 0 Å². The number of amides is 4. The Balaban J connectivity index is 1.000. The van der Waals surface area contributed by atoms with E-state index < -0.39 is 47.8 Å². The zero-order chi connectivity index (χ0) is 52.2. The molecule has 4 aromatic carbocycles. The molecule has 0 aromatic heterocycles. The molecule has 22 heteroatoms. The highest BCUT2D eigenvalue weighted by Gasteiger charge is 2.32. The number of hydrogen-bond donors (Lipinski definition) is 6. The van der Waals surface area contributed by atoms with E-state index in [0.29, 0.717) is 92.2 Å². The van der Waals surface area contributed by atoms with Crippen molar-refractivity contribution in [1.82, 2.24) is 21.3 Å². The maximum Gasteiger partial charge on any atom is 0.239 e. The molecule has 0 unspecified atom stereocenters. The molecule has 18 nitrogen and oxygen atoms in total. The van der Waals surface area contributed by atoms with E-state index in [1.54, 1.807) is 12.1 Å². The number of fused-ring (bicyclic) bond motifs is 6. The summed E-state index contributed by atoms with van der Waals surface area (Å²) >= 11 is 2.63. The van der Waals surface area contributed by atoms with E-state index in [2.05, 4.69) is 21.3 Å². The van der Waals surface area contributed by atoms with Crippen LogP contribution >= 0.6 is 45.1 Å². The zero-order valence-electron chi connectivity index (χ0n) is 41.3. The van der Waals surface area contributed by atoms with Gasteiger partial charge in [0.25, 0.3) is 0 Å². The molecular formula is C50H60N6O12S4. The third-order valence-electron chi connectivity index (χ3n) is 12.2. The Morgan fingerprint density at radius 2 is 0.944 bits per heavy atom. The molecule has 2 aliphatic carbocycles. The molecule has 4 aromatic rings. The maximum atomic E-state index is 13.4. The number of thioether (sulfide) groups is 2. The number of benzene rings is 2. The number of aryl methyl sites for hydroxylation is 2. The van der Waals surface area contributed by atoms with Crippen LogP contribution < -0.4 is 72.0 Å². The number of methoxy groups -OCH3 is 6. The molecule has 72 heavy (non-hydrogen) atoms. The Hall–Kier alpha value is -5.78. The number of nitrogens with two attached hydrogens (primary N) is 2. The van der Waals surface area contributed by atoms with Crippen LogP contribution in [0.3, 0.4) is 0 Å². The summed E-state index contributed by atoms with van der Waals surface area (Å²) in [5.74, 6) is 0.785. The number of nitrogens with one attached hydrogen (secondary N) is 4. The van der Waals surface area contributed by atoms with Gasteiger partial charge in [-0.25, -0.2) is 0 Å². The lowest BCUT2D eigenvalue weighted by atomic mass is 9.95. The third kappa shape index (κ3) is 12.5. The van der Waals surface area contributed by atoms with Crippen molar-refractivity contribution < 1.29 is 47.6 Å². The molecule has 0 radical (unpaired) electrons. The minimum atomic E-state index is -0.999. The molecule has 0 bridgehead atoms. The van der Waals surface area contributed by atoms with Crippen molar-refractivity contribution in [1.29, 1.82) is 0 Å². The Bertz CT molecular complexity index is 2630. The molecular weight excluding hydrogens is 1000 g/mol. The molecule has 2 aliphatic rings. The van der Waals surface area contributed by atoms with Crippen molar-refractivity contribution in [3.05, 3.63) is 91.2 Å². The van der Waals surface area contributed by atoms with Crippen LogP contribution in [-0.4, -0.2) is 115 Å². The summed E-state index contributed by atoms with van der Waals surface area (Å²) in [6, 6.07) is 10.8. The number of ether oxygens (including phenoxy) is 6. The maximum absolute atomic E-state index is 13.4. The molecule has 386 valence electrons. The van der Waals surface area contributed by atoms with Crippen molar-refractivity contribution in [3.8, 4) is 56.8 Å². The highest BCUT2D eigenvalue weighted by Crippen LogP contribution is 2.52. The summed E-state index contributed by atoms with van der Waals surface area (Å²) in [6.45, 7) is -0.743. The van der Waals surface area contributed by atoms with Gasteiger partial charge in [0.1, 0.15) is 0 Å². The van der Waals surface area contributed by atoms with Crippen LogP contribution in [0.15, 0.2) is 67.9 Å². The standard InChI is InChI=1S/C50H60N6O12S4/c1-63-37-17-25-9-13-33(29-19-35(57)39(69-7)15-11-27(29)43(25)47(67-5)45(37)65-3)55-41(59)21-53-49(61)31(51)23-71-72-24-32(52)50(62)54-22-42(60)56-34-14-10-26-18-38(64-2)46(66-4)48(68-6)44(26)28-12-16-40(70-8)36(58)20-30(28)34/h11-12,15-20,31-34H,9-10,13-14,21-24,51-52H2,1-8H3,(H,53,61)(H,54,62)(H,55,59)(H,56,60)/t31-,32-,33-,34-/m0/s1. The monoisotopic (exact) mass is 1060 g/mol. The van der Waals surface area contributed by atoms with Crippen molar-refractivity contribution in [2.24, 2.45) is 11.5 Å². The minimum absolute atomic E-state index is 0.137. The van der Waals surface area contributed by atoms with Crippen LogP contribution in [-0.2, 0) is 32.0 Å². The summed E-state index contributed by atoms with van der Waals surface area (Å²) in [4.78, 5) is 80.6. The predicted molar refractivity (Wildman–Crippen MR) is 284 cm³/mol. The first-order chi connectivity index (χ1) is 34.7. The van der Waals surface area contributed by atoms with E-state index in [9.17, 15) is 28.8 Å². The van der Waals surface area contributed by atoms with Crippen LogP contribution in [0.1, 0.15) is 47.2 Å². The molecule has 0 spiro atoms. The SMILES string of the molecule is COc1cc2c(c(OC)c1OC)-c1ccc(SC)c(=O)cc1[C@@H](NC(=O)CNC(=O)[C@@H](N)CSSC[C@H](N)C(=O)NCC(=O)N[C@H]1CCc3cc(OC)c(OC)c(OC)c3-c3ccc(SC)c(=O)cc31)CC2. The normalized spacial score (nSPS) is 15.2. The summed E-state index contributed by atoms with van der Waals surface area (Å²) < 4.78 is 34.3. The second-order valence-corrected chi connectivity index (χ2v) is 20.7. The highest BCUT2D eigenvalue weighted by molar-refractivity contribution is 8.76. The van der Waals surface area contributed by atoms with Crippen molar-refractivity contribution in [3.63, 3.8) is 0 Å². The molecule has 8 N–H and O–H groups in total. The van der Waals surface area contributed by atoms with E-state index >= 15 is 0 Å². The highest BCUT2D eigenvalue weighted by atomic mass is 33.1. The minimum Gasteiger partial charge on any atom is -0.493 e. The Kier molecular flexibility index (Phi) is 19.9. The number of hydrogen-bond acceptors (Lipinski definition) is 18. The van der Waals surface area contributed by atoms with Gasteiger partial charge < -0.3 is 61.2 Å².